The maximum absolute atomic E-state index is 13.4. The van der Waals surface area contributed by atoms with Crippen LogP contribution in [0.15, 0.2) is 47.4 Å². The minimum atomic E-state index is -3.56. The Balaban J connectivity index is 1.60. The highest BCUT2D eigenvalue weighted by atomic mass is 32.2. The van der Waals surface area contributed by atoms with Crippen LogP contribution >= 0.6 is 0 Å². The molecule has 1 atom stereocenters. The van der Waals surface area contributed by atoms with E-state index in [2.05, 4.69) is 0 Å². The van der Waals surface area contributed by atoms with Crippen LogP contribution in [0.4, 0.5) is 4.39 Å². The first-order valence-corrected chi connectivity index (χ1v) is 10.00. The number of ether oxygens (including phenoxy) is 1. The smallest absolute Gasteiger partial charge is 0.243 e. The second kappa shape index (κ2) is 6.42. The molecule has 0 unspecified atom stereocenters. The highest BCUT2D eigenvalue weighted by Gasteiger charge is 2.35. The lowest BCUT2D eigenvalue weighted by molar-refractivity contribution is 0.356. The Labute approximate surface area is 147 Å². The Bertz CT molecular complexity index is 897. The zero-order valence-electron chi connectivity index (χ0n) is 13.8. The number of fused-ring (bicyclic) bond motifs is 1. The fourth-order valence-electron chi connectivity index (χ4n) is 3.72. The van der Waals surface area contributed by atoms with Gasteiger partial charge in [0.15, 0.2) is 0 Å². The number of hydrogen-bond acceptors (Lipinski definition) is 3. The third kappa shape index (κ3) is 3.16. The Kier molecular flexibility index (Phi) is 4.25. The predicted molar refractivity (Wildman–Crippen MR) is 92.7 cm³/mol. The van der Waals surface area contributed by atoms with Gasteiger partial charge in [-0.25, -0.2) is 12.8 Å². The van der Waals surface area contributed by atoms with Crippen molar-refractivity contribution in [2.24, 2.45) is 0 Å². The van der Waals surface area contributed by atoms with Crippen molar-refractivity contribution in [2.45, 2.75) is 36.6 Å². The molecule has 2 aromatic carbocycles. The first-order chi connectivity index (χ1) is 12.0. The van der Waals surface area contributed by atoms with Crippen LogP contribution in [0.1, 0.15) is 24.0 Å². The maximum atomic E-state index is 13.4. The van der Waals surface area contributed by atoms with Gasteiger partial charge in [-0.3, -0.25) is 0 Å². The van der Waals surface area contributed by atoms with Crippen molar-refractivity contribution < 1.29 is 17.5 Å². The topological polar surface area (TPSA) is 46.6 Å². The summed E-state index contributed by atoms with van der Waals surface area (Å²) < 4.78 is 46.7. The Morgan fingerprint density at radius 2 is 2.08 bits per heavy atom. The molecular formula is C19H20FNO3S. The molecule has 2 aromatic rings. The minimum Gasteiger partial charge on any atom is -0.493 e. The molecule has 4 nitrogen and oxygen atoms in total. The van der Waals surface area contributed by atoms with E-state index in [9.17, 15) is 12.8 Å². The standard InChI is InChI=1S/C19H20FNO3S/c20-16-4-1-3-14(11-16)12-17-5-2-9-21(17)25(22,23)18-6-7-19-15(13-18)8-10-24-19/h1,3-4,6-7,11,13,17H,2,5,8-10,12H2/t17-/m0/s1. The average molecular weight is 361 g/mol. The van der Waals surface area contributed by atoms with Gasteiger partial charge in [-0.15, -0.1) is 0 Å². The van der Waals surface area contributed by atoms with E-state index >= 15 is 0 Å². The molecule has 0 bridgehead atoms. The van der Waals surface area contributed by atoms with Crippen LogP contribution in [-0.4, -0.2) is 31.9 Å². The number of rotatable bonds is 4. The van der Waals surface area contributed by atoms with E-state index in [-0.39, 0.29) is 11.9 Å². The summed E-state index contributed by atoms with van der Waals surface area (Å²) in [5, 5.41) is 0. The molecule has 1 saturated heterocycles. The van der Waals surface area contributed by atoms with Crippen LogP contribution in [0.2, 0.25) is 0 Å². The van der Waals surface area contributed by atoms with E-state index in [0.29, 0.717) is 24.5 Å². The van der Waals surface area contributed by atoms with Crippen LogP contribution in [0.3, 0.4) is 0 Å². The van der Waals surface area contributed by atoms with E-state index in [1.54, 1.807) is 28.6 Å². The summed E-state index contributed by atoms with van der Waals surface area (Å²) in [6.07, 6.45) is 2.90. The predicted octanol–water partition coefficient (Wildman–Crippen LogP) is 3.16. The molecule has 132 valence electrons. The van der Waals surface area contributed by atoms with E-state index < -0.39 is 10.0 Å². The third-order valence-electron chi connectivity index (χ3n) is 4.95. The van der Waals surface area contributed by atoms with Crippen molar-refractivity contribution in [3.63, 3.8) is 0 Å². The fourth-order valence-corrected chi connectivity index (χ4v) is 5.47. The van der Waals surface area contributed by atoms with Crippen molar-refractivity contribution in [2.75, 3.05) is 13.2 Å². The molecule has 2 aliphatic heterocycles. The first kappa shape index (κ1) is 16.5. The van der Waals surface area contributed by atoms with Gasteiger partial charge in [0, 0.05) is 19.0 Å². The van der Waals surface area contributed by atoms with Crippen LogP contribution in [0, 0.1) is 5.82 Å². The van der Waals surface area contributed by atoms with Crippen molar-refractivity contribution >= 4 is 10.0 Å². The summed E-state index contributed by atoms with van der Waals surface area (Å²) in [7, 11) is -3.56. The number of sulfonamides is 1. The van der Waals surface area contributed by atoms with Gasteiger partial charge in [-0.1, -0.05) is 12.1 Å². The molecule has 0 spiro atoms. The summed E-state index contributed by atoms with van der Waals surface area (Å²) >= 11 is 0. The number of nitrogens with zero attached hydrogens (tertiary/aromatic N) is 1. The Morgan fingerprint density at radius 1 is 1.20 bits per heavy atom. The van der Waals surface area contributed by atoms with E-state index in [1.165, 1.54) is 12.1 Å². The third-order valence-corrected chi connectivity index (χ3v) is 6.90. The molecule has 4 rings (SSSR count). The molecule has 0 amide bonds. The zero-order chi connectivity index (χ0) is 17.4. The molecule has 6 heteroatoms. The maximum Gasteiger partial charge on any atom is 0.243 e. The fraction of sp³-hybridized carbons (Fsp3) is 0.368. The van der Waals surface area contributed by atoms with Gasteiger partial charge in [0.05, 0.1) is 11.5 Å². The summed E-state index contributed by atoms with van der Waals surface area (Å²) in [5.41, 5.74) is 1.77. The largest absolute Gasteiger partial charge is 0.493 e. The average Bonchev–Trinajstić information content (AvgIpc) is 3.23. The quantitative estimate of drug-likeness (QED) is 0.840. The van der Waals surface area contributed by atoms with Gasteiger partial charge in [-0.2, -0.15) is 4.31 Å². The van der Waals surface area contributed by atoms with Gasteiger partial charge in [0.2, 0.25) is 10.0 Å². The van der Waals surface area contributed by atoms with Gasteiger partial charge in [0.25, 0.3) is 0 Å². The molecule has 1 fully saturated rings. The number of benzene rings is 2. The Hall–Kier alpha value is -1.92. The molecule has 0 radical (unpaired) electrons. The molecule has 0 N–H and O–H groups in total. The number of halogens is 1. The van der Waals surface area contributed by atoms with Gasteiger partial charge < -0.3 is 4.74 Å². The van der Waals surface area contributed by atoms with Crippen LogP contribution in [0.5, 0.6) is 5.75 Å². The van der Waals surface area contributed by atoms with Crippen LogP contribution in [-0.2, 0) is 22.9 Å². The van der Waals surface area contributed by atoms with Gasteiger partial charge in [-0.05, 0) is 60.7 Å². The number of hydrogen-bond donors (Lipinski definition) is 0. The van der Waals surface area contributed by atoms with Crippen molar-refractivity contribution in [1.29, 1.82) is 0 Å². The first-order valence-electron chi connectivity index (χ1n) is 8.56. The zero-order valence-corrected chi connectivity index (χ0v) is 14.6. The Morgan fingerprint density at radius 3 is 2.92 bits per heavy atom. The summed E-state index contributed by atoms with van der Waals surface area (Å²) in [6, 6.07) is 11.4. The highest BCUT2D eigenvalue weighted by molar-refractivity contribution is 7.89. The monoisotopic (exact) mass is 361 g/mol. The normalized spacial score (nSPS) is 20.4. The molecular weight excluding hydrogens is 341 g/mol. The lowest BCUT2D eigenvalue weighted by Crippen LogP contribution is -2.36. The molecule has 2 heterocycles. The lowest BCUT2D eigenvalue weighted by atomic mass is 10.0. The molecule has 0 saturated carbocycles. The van der Waals surface area contributed by atoms with E-state index in [0.717, 1.165) is 36.1 Å². The van der Waals surface area contributed by atoms with Gasteiger partial charge >= 0.3 is 0 Å². The summed E-state index contributed by atoms with van der Waals surface area (Å²) in [5.74, 6) is 0.486. The van der Waals surface area contributed by atoms with E-state index in [1.807, 2.05) is 6.07 Å². The van der Waals surface area contributed by atoms with Crippen LogP contribution < -0.4 is 4.74 Å². The SMILES string of the molecule is O=S(=O)(c1ccc2c(c1)CCO2)N1CCC[C@H]1Cc1cccc(F)c1. The van der Waals surface area contributed by atoms with Gasteiger partial charge in [0.1, 0.15) is 11.6 Å². The second-order valence-electron chi connectivity index (χ2n) is 6.61. The van der Waals surface area contributed by atoms with E-state index in [4.69, 9.17) is 4.74 Å². The molecule has 0 aliphatic carbocycles. The van der Waals surface area contributed by atoms with Crippen molar-refractivity contribution in [3.05, 3.63) is 59.4 Å². The second-order valence-corrected chi connectivity index (χ2v) is 8.50. The minimum absolute atomic E-state index is 0.128. The molecule has 0 aromatic heterocycles. The van der Waals surface area contributed by atoms with Crippen molar-refractivity contribution in [3.8, 4) is 5.75 Å². The molecule has 2 aliphatic rings. The highest BCUT2D eigenvalue weighted by Crippen LogP contribution is 2.32. The lowest BCUT2D eigenvalue weighted by Gasteiger charge is -2.24. The van der Waals surface area contributed by atoms with Crippen LogP contribution in [0.25, 0.3) is 0 Å². The summed E-state index contributed by atoms with van der Waals surface area (Å²) in [4.78, 5) is 0.322. The molecule has 25 heavy (non-hydrogen) atoms. The summed E-state index contributed by atoms with van der Waals surface area (Å²) in [6.45, 7) is 1.11. The van der Waals surface area contributed by atoms with Crippen molar-refractivity contribution in [1.82, 2.24) is 4.31 Å².